The maximum Gasteiger partial charge on any atom is 0.407 e. The molecule has 1 saturated heterocycles. The van der Waals surface area contributed by atoms with Crippen molar-refractivity contribution in [2.75, 3.05) is 13.1 Å². The topological polar surface area (TPSA) is 50.4 Å². The van der Waals surface area contributed by atoms with Crippen molar-refractivity contribution in [3.05, 3.63) is 35.9 Å². The average Bonchev–Trinajstić information content (AvgIpc) is 2.26. The van der Waals surface area contributed by atoms with Gasteiger partial charge in [-0.2, -0.15) is 0 Å². The summed E-state index contributed by atoms with van der Waals surface area (Å²) >= 11 is 0. The van der Waals surface area contributed by atoms with E-state index in [9.17, 15) is 4.79 Å². The molecule has 0 unspecified atom stereocenters. The van der Waals surface area contributed by atoms with Crippen LogP contribution in [0.4, 0.5) is 4.79 Å². The lowest BCUT2D eigenvalue weighted by molar-refractivity contribution is 0.137. The van der Waals surface area contributed by atoms with Crippen LogP contribution in [0.15, 0.2) is 30.3 Å². The van der Waals surface area contributed by atoms with E-state index >= 15 is 0 Å². The number of hydrogen-bond acceptors (Lipinski definition) is 3. The van der Waals surface area contributed by atoms with Gasteiger partial charge in [-0.1, -0.05) is 30.3 Å². The second-order valence-corrected chi connectivity index (χ2v) is 3.88. The van der Waals surface area contributed by atoms with Crippen molar-refractivity contribution < 1.29 is 9.53 Å². The molecule has 1 fully saturated rings. The average molecular weight is 220 g/mol. The summed E-state index contributed by atoms with van der Waals surface area (Å²) in [5, 5.41) is 5.94. The van der Waals surface area contributed by atoms with Gasteiger partial charge in [-0.05, 0) is 18.5 Å². The minimum atomic E-state index is -0.349. The Morgan fingerprint density at radius 2 is 2.19 bits per heavy atom. The molecular weight excluding hydrogens is 204 g/mol. The van der Waals surface area contributed by atoms with Crippen molar-refractivity contribution >= 4 is 6.09 Å². The van der Waals surface area contributed by atoms with Crippen LogP contribution in [-0.4, -0.2) is 25.2 Å². The Kier molecular flexibility index (Phi) is 3.77. The second kappa shape index (κ2) is 5.51. The molecule has 1 heterocycles. The van der Waals surface area contributed by atoms with Gasteiger partial charge in [-0.15, -0.1) is 0 Å². The van der Waals surface area contributed by atoms with Crippen LogP contribution in [0.1, 0.15) is 12.0 Å². The lowest BCUT2D eigenvalue weighted by Crippen LogP contribution is -2.50. The van der Waals surface area contributed by atoms with E-state index in [0.717, 1.165) is 18.5 Å². The van der Waals surface area contributed by atoms with E-state index in [1.807, 2.05) is 30.3 Å². The quantitative estimate of drug-likeness (QED) is 0.803. The summed E-state index contributed by atoms with van der Waals surface area (Å²) in [7, 11) is 0. The van der Waals surface area contributed by atoms with E-state index in [0.29, 0.717) is 19.2 Å². The van der Waals surface area contributed by atoms with Crippen molar-refractivity contribution in [2.45, 2.75) is 19.1 Å². The molecule has 0 spiro atoms. The molecule has 0 radical (unpaired) electrons. The first-order valence-electron chi connectivity index (χ1n) is 5.52. The van der Waals surface area contributed by atoms with Gasteiger partial charge in [-0.25, -0.2) is 4.79 Å². The third-order valence-corrected chi connectivity index (χ3v) is 2.63. The molecule has 4 nitrogen and oxygen atoms in total. The molecule has 1 aromatic carbocycles. The summed E-state index contributed by atoms with van der Waals surface area (Å²) in [4.78, 5) is 11.3. The molecule has 2 N–H and O–H groups in total. The van der Waals surface area contributed by atoms with E-state index in [-0.39, 0.29) is 6.09 Å². The Labute approximate surface area is 95.0 Å². The summed E-state index contributed by atoms with van der Waals surface area (Å²) in [6.45, 7) is 2.02. The standard InChI is InChI=1S/C12H16N2O2/c15-12(14-8-11-6-7-13-11)16-9-10-4-2-1-3-5-10/h1-5,11,13H,6-9H2,(H,14,15)/t11-/m0/s1. The fraction of sp³-hybridized carbons (Fsp3) is 0.417. The number of rotatable bonds is 4. The number of ether oxygens (including phenoxy) is 1. The predicted molar refractivity (Wildman–Crippen MR) is 61.0 cm³/mol. The van der Waals surface area contributed by atoms with E-state index < -0.39 is 0 Å². The third kappa shape index (κ3) is 3.24. The van der Waals surface area contributed by atoms with Crippen molar-refractivity contribution in [3.63, 3.8) is 0 Å². The zero-order valence-corrected chi connectivity index (χ0v) is 9.11. The summed E-state index contributed by atoms with van der Waals surface area (Å²) in [5.74, 6) is 0. The van der Waals surface area contributed by atoms with Gasteiger partial charge in [0.15, 0.2) is 0 Å². The van der Waals surface area contributed by atoms with Gasteiger partial charge in [0.05, 0.1) is 0 Å². The van der Waals surface area contributed by atoms with Crippen molar-refractivity contribution in [1.29, 1.82) is 0 Å². The Bertz CT molecular complexity index is 336. The van der Waals surface area contributed by atoms with Gasteiger partial charge in [0, 0.05) is 12.6 Å². The Morgan fingerprint density at radius 1 is 1.44 bits per heavy atom. The number of alkyl carbamates (subject to hydrolysis) is 1. The highest BCUT2D eigenvalue weighted by Crippen LogP contribution is 2.02. The number of hydrogen-bond donors (Lipinski definition) is 2. The van der Waals surface area contributed by atoms with E-state index in [4.69, 9.17) is 4.74 Å². The smallest absolute Gasteiger partial charge is 0.407 e. The molecule has 0 aromatic heterocycles. The summed E-state index contributed by atoms with van der Waals surface area (Å²) in [5.41, 5.74) is 0.999. The first-order chi connectivity index (χ1) is 7.84. The van der Waals surface area contributed by atoms with Crippen LogP contribution in [0.25, 0.3) is 0 Å². The molecule has 1 aliphatic heterocycles. The van der Waals surface area contributed by atoms with Gasteiger partial charge >= 0.3 is 6.09 Å². The fourth-order valence-electron chi connectivity index (χ4n) is 1.50. The molecule has 16 heavy (non-hydrogen) atoms. The summed E-state index contributed by atoms with van der Waals surface area (Å²) < 4.78 is 5.07. The fourth-order valence-corrected chi connectivity index (χ4v) is 1.50. The van der Waals surface area contributed by atoms with Gasteiger partial charge in [0.1, 0.15) is 6.61 Å². The number of carbonyl (C=O) groups excluding carboxylic acids is 1. The summed E-state index contributed by atoms with van der Waals surface area (Å²) in [6, 6.07) is 10.1. The van der Waals surface area contributed by atoms with Crippen LogP contribution in [0, 0.1) is 0 Å². The molecule has 4 heteroatoms. The van der Waals surface area contributed by atoms with Gasteiger partial charge in [0.25, 0.3) is 0 Å². The first kappa shape index (κ1) is 11.0. The lowest BCUT2D eigenvalue weighted by Gasteiger charge is -2.27. The zero-order chi connectivity index (χ0) is 11.2. The summed E-state index contributed by atoms with van der Waals surface area (Å²) in [6.07, 6.45) is 0.774. The van der Waals surface area contributed by atoms with Gasteiger partial charge in [-0.3, -0.25) is 0 Å². The largest absolute Gasteiger partial charge is 0.445 e. The Hall–Kier alpha value is -1.55. The van der Waals surface area contributed by atoms with Crippen molar-refractivity contribution in [2.24, 2.45) is 0 Å². The third-order valence-electron chi connectivity index (χ3n) is 2.63. The predicted octanol–water partition coefficient (Wildman–Crippen LogP) is 1.27. The highest BCUT2D eigenvalue weighted by molar-refractivity contribution is 5.67. The van der Waals surface area contributed by atoms with Crippen molar-refractivity contribution in [3.8, 4) is 0 Å². The van der Waals surface area contributed by atoms with Crippen molar-refractivity contribution in [1.82, 2.24) is 10.6 Å². The van der Waals surface area contributed by atoms with Crippen LogP contribution < -0.4 is 10.6 Å². The molecule has 0 saturated carbocycles. The van der Waals surface area contributed by atoms with Crippen LogP contribution in [0.2, 0.25) is 0 Å². The lowest BCUT2D eigenvalue weighted by atomic mass is 10.1. The zero-order valence-electron chi connectivity index (χ0n) is 9.11. The maximum absolute atomic E-state index is 11.3. The van der Waals surface area contributed by atoms with E-state index in [2.05, 4.69) is 10.6 Å². The first-order valence-corrected chi connectivity index (χ1v) is 5.52. The molecule has 1 aliphatic rings. The second-order valence-electron chi connectivity index (χ2n) is 3.88. The Morgan fingerprint density at radius 3 is 2.81 bits per heavy atom. The minimum absolute atomic E-state index is 0.324. The molecule has 0 aliphatic carbocycles. The normalized spacial score (nSPS) is 18.6. The highest BCUT2D eigenvalue weighted by Gasteiger charge is 2.16. The number of benzene rings is 1. The van der Waals surface area contributed by atoms with Crippen LogP contribution in [-0.2, 0) is 11.3 Å². The molecule has 1 amide bonds. The molecule has 0 bridgehead atoms. The number of nitrogens with one attached hydrogen (secondary N) is 2. The van der Waals surface area contributed by atoms with Crippen LogP contribution in [0.3, 0.4) is 0 Å². The molecule has 1 aromatic rings. The van der Waals surface area contributed by atoms with Crippen LogP contribution in [0.5, 0.6) is 0 Å². The number of amides is 1. The maximum atomic E-state index is 11.3. The molecular formula is C12H16N2O2. The molecule has 86 valence electrons. The molecule has 2 rings (SSSR count). The van der Waals surface area contributed by atoms with Gasteiger partial charge < -0.3 is 15.4 Å². The molecule has 1 atom stereocenters. The highest BCUT2D eigenvalue weighted by atomic mass is 16.5. The Balaban J connectivity index is 1.63. The van der Waals surface area contributed by atoms with E-state index in [1.54, 1.807) is 0 Å². The van der Waals surface area contributed by atoms with Crippen LogP contribution >= 0.6 is 0 Å². The van der Waals surface area contributed by atoms with E-state index in [1.165, 1.54) is 0 Å². The monoisotopic (exact) mass is 220 g/mol. The SMILES string of the molecule is O=C(NC[C@@H]1CCN1)OCc1ccccc1. The van der Waals surface area contributed by atoms with Gasteiger partial charge in [0.2, 0.25) is 0 Å². The number of carbonyl (C=O) groups is 1. The minimum Gasteiger partial charge on any atom is -0.445 e.